The fourth-order valence-corrected chi connectivity index (χ4v) is 3.49. The number of aromatic nitrogens is 1. The molecule has 0 aliphatic carbocycles. The zero-order valence-corrected chi connectivity index (χ0v) is 16.5. The van der Waals surface area contributed by atoms with Crippen LogP contribution in [0.5, 0.6) is 5.75 Å². The van der Waals surface area contributed by atoms with Gasteiger partial charge in [-0.25, -0.2) is 0 Å². The van der Waals surface area contributed by atoms with Gasteiger partial charge in [-0.2, -0.15) is 5.26 Å². The number of nitrogens with zero attached hydrogens (tertiary/aromatic N) is 3. The fourth-order valence-electron chi connectivity index (χ4n) is 3.49. The van der Waals surface area contributed by atoms with Gasteiger partial charge in [0.2, 0.25) is 0 Å². The highest BCUT2D eigenvalue weighted by Gasteiger charge is 2.47. The molecule has 0 amide bonds. The number of ether oxygens (including phenoxy) is 2. The predicted octanol–water partition coefficient (Wildman–Crippen LogP) is 2.12. The van der Waals surface area contributed by atoms with Crippen LogP contribution in [0.25, 0.3) is 0 Å². The van der Waals surface area contributed by atoms with Crippen molar-refractivity contribution in [3.63, 3.8) is 0 Å². The molecule has 1 aliphatic rings. The van der Waals surface area contributed by atoms with Gasteiger partial charge in [0.15, 0.2) is 6.10 Å². The minimum absolute atomic E-state index is 0.338. The lowest BCUT2D eigenvalue weighted by molar-refractivity contribution is -0.763. The number of benzene rings is 1. The molecule has 0 saturated carbocycles. The van der Waals surface area contributed by atoms with Crippen LogP contribution in [-0.4, -0.2) is 27.3 Å². The Labute approximate surface area is 171 Å². The molecule has 0 bridgehead atoms. The molecular formula is C20H19N3O7. The number of nitriles is 1. The van der Waals surface area contributed by atoms with E-state index in [4.69, 9.17) is 9.47 Å². The van der Waals surface area contributed by atoms with E-state index >= 15 is 0 Å². The average molecular weight is 413 g/mol. The van der Waals surface area contributed by atoms with Crippen LogP contribution in [0.2, 0.25) is 0 Å². The van der Waals surface area contributed by atoms with Crippen molar-refractivity contribution in [2.24, 2.45) is 0 Å². The molecular weight excluding hydrogens is 394 g/mol. The van der Waals surface area contributed by atoms with Gasteiger partial charge in [0, 0.05) is 24.8 Å². The maximum absolute atomic E-state index is 12.8. The number of pyridine rings is 1. The molecule has 156 valence electrons. The Morgan fingerprint density at radius 1 is 1.37 bits per heavy atom. The Hall–Kier alpha value is -3.87. The van der Waals surface area contributed by atoms with Crippen molar-refractivity contribution < 1.29 is 24.2 Å². The Kier molecular flexibility index (Phi) is 5.47. The first-order valence-electron chi connectivity index (χ1n) is 9.01. The van der Waals surface area contributed by atoms with E-state index in [2.05, 4.69) is 4.84 Å². The van der Waals surface area contributed by atoms with Gasteiger partial charge in [-0.15, -0.1) is 10.1 Å². The van der Waals surface area contributed by atoms with E-state index in [1.165, 1.54) is 29.8 Å². The van der Waals surface area contributed by atoms with Crippen molar-refractivity contribution in [1.29, 1.82) is 5.26 Å². The molecule has 0 radical (unpaired) electrons. The second-order valence-corrected chi connectivity index (χ2v) is 7.32. The van der Waals surface area contributed by atoms with Crippen molar-refractivity contribution in [2.45, 2.75) is 45.1 Å². The van der Waals surface area contributed by atoms with E-state index in [0.717, 1.165) is 0 Å². The zero-order chi connectivity index (χ0) is 22.1. The first kappa shape index (κ1) is 20.9. The molecule has 10 nitrogen and oxygen atoms in total. The van der Waals surface area contributed by atoms with Crippen LogP contribution in [0.1, 0.15) is 43.5 Å². The monoisotopic (exact) mass is 413 g/mol. The second kappa shape index (κ2) is 7.87. The molecule has 2 heterocycles. The number of fused-ring (bicyclic) bond motifs is 1. The van der Waals surface area contributed by atoms with Crippen LogP contribution in [0, 0.1) is 21.4 Å². The zero-order valence-electron chi connectivity index (χ0n) is 16.5. The van der Waals surface area contributed by atoms with Crippen molar-refractivity contribution in [2.75, 3.05) is 0 Å². The summed E-state index contributed by atoms with van der Waals surface area (Å²) in [6.45, 7) is 4.33. The highest BCUT2D eigenvalue weighted by Crippen LogP contribution is 2.43. The highest BCUT2D eigenvalue weighted by molar-refractivity contribution is 5.66. The Bertz CT molecular complexity index is 1100. The minimum atomic E-state index is -1.01. The van der Waals surface area contributed by atoms with Crippen molar-refractivity contribution >= 4 is 5.97 Å². The molecule has 10 heteroatoms. The molecule has 30 heavy (non-hydrogen) atoms. The van der Waals surface area contributed by atoms with E-state index < -0.39 is 34.4 Å². The van der Waals surface area contributed by atoms with Gasteiger partial charge in [-0.1, -0.05) is 6.07 Å². The average Bonchev–Trinajstić information content (AvgIpc) is 2.67. The van der Waals surface area contributed by atoms with Crippen molar-refractivity contribution in [1.82, 2.24) is 4.57 Å². The summed E-state index contributed by atoms with van der Waals surface area (Å²) in [5.41, 5.74) is -0.244. The third-order valence-electron chi connectivity index (χ3n) is 4.73. The Morgan fingerprint density at radius 2 is 2.10 bits per heavy atom. The molecule has 0 fully saturated rings. The molecule has 3 rings (SSSR count). The largest absolute Gasteiger partial charge is 0.484 e. The molecule has 1 aromatic carbocycles. The van der Waals surface area contributed by atoms with Crippen molar-refractivity contribution in [3.05, 3.63) is 73.7 Å². The summed E-state index contributed by atoms with van der Waals surface area (Å²) in [5.74, 6) is -0.131. The lowest BCUT2D eigenvalue weighted by Crippen LogP contribution is -2.54. The van der Waals surface area contributed by atoms with Gasteiger partial charge in [0.1, 0.15) is 24.0 Å². The molecule has 0 spiro atoms. The first-order valence-corrected chi connectivity index (χ1v) is 9.01. The molecule has 2 aromatic rings. The number of rotatable bonds is 5. The van der Waals surface area contributed by atoms with Gasteiger partial charge in [-0.05, 0) is 37.6 Å². The van der Waals surface area contributed by atoms with Gasteiger partial charge in [0.05, 0.1) is 11.6 Å². The summed E-state index contributed by atoms with van der Waals surface area (Å²) in [6, 6.07) is 8.65. The standard InChI is InChI=1S/C20H19N3O7/c1-12(24)29-19-18(22-10-14(5-7-17(22)25)11-28-23(26)27)15-8-13(9-21)4-6-16(15)30-20(19,2)3/h4-8,10,18-19H,11H2,1-3H3/t18-,19+/m1/s1. The van der Waals surface area contributed by atoms with Crippen LogP contribution < -0.4 is 10.3 Å². The highest BCUT2D eigenvalue weighted by atomic mass is 16.9. The summed E-state index contributed by atoms with van der Waals surface area (Å²) in [4.78, 5) is 39.5. The molecule has 0 unspecified atom stereocenters. The van der Waals surface area contributed by atoms with Crippen LogP contribution in [0.15, 0.2) is 41.3 Å². The van der Waals surface area contributed by atoms with Gasteiger partial charge in [-0.3, -0.25) is 9.59 Å². The number of esters is 1. The van der Waals surface area contributed by atoms with Gasteiger partial charge in [0.25, 0.3) is 10.6 Å². The van der Waals surface area contributed by atoms with E-state index in [-0.39, 0.29) is 6.61 Å². The Morgan fingerprint density at radius 3 is 2.73 bits per heavy atom. The number of hydrogen-bond acceptors (Lipinski definition) is 8. The number of carbonyl (C=O) groups excluding carboxylic acids is 1. The minimum Gasteiger partial charge on any atom is -0.484 e. The van der Waals surface area contributed by atoms with Crippen LogP contribution in [-0.2, 0) is 21.0 Å². The van der Waals surface area contributed by atoms with Gasteiger partial charge < -0.3 is 18.9 Å². The normalized spacial score (nSPS) is 19.0. The number of hydrogen-bond donors (Lipinski definition) is 0. The molecule has 2 atom stereocenters. The Balaban J connectivity index is 2.21. The third-order valence-corrected chi connectivity index (χ3v) is 4.73. The fraction of sp³-hybridized carbons (Fsp3) is 0.350. The first-order chi connectivity index (χ1) is 14.1. The van der Waals surface area contributed by atoms with E-state index in [9.17, 15) is 25.0 Å². The lowest BCUT2D eigenvalue weighted by atomic mass is 9.85. The van der Waals surface area contributed by atoms with Gasteiger partial charge >= 0.3 is 5.97 Å². The molecule has 0 saturated heterocycles. The van der Waals surface area contributed by atoms with Crippen LogP contribution in [0.4, 0.5) is 0 Å². The quantitative estimate of drug-likeness (QED) is 0.413. The smallest absolute Gasteiger partial charge is 0.303 e. The van der Waals surface area contributed by atoms with E-state index in [0.29, 0.717) is 22.4 Å². The third kappa shape index (κ3) is 4.10. The summed E-state index contributed by atoms with van der Waals surface area (Å²) in [5, 5.41) is 18.9. The predicted molar refractivity (Wildman–Crippen MR) is 102 cm³/mol. The molecule has 1 aliphatic heterocycles. The van der Waals surface area contributed by atoms with E-state index in [1.807, 2.05) is 6.07 Å². The molecule has 0 N–H and O–H groups in total. The lowest BCUT2D eigenvalue weighted by Gasteiger charge is -2.44. The summed E-state index contributed by atoms with van der Waals surface area (Å²) in [7, 11) is 0. The molecule has 1 aromatic heterocycles. The topological polar surface area (TPSA) is 134 Å². The summed E-state index contributed by atoms with van der Waals surface area (Å²) in [6.07, 6.45) is 0.498. The summed E-state index contributed by atoms with van der Waals surface area (Å²) >= 11 is 0. The SMILES string of the molecule is CC(=O)O[C@H]1[C@H](n2cc(CO[N+](=O)[O-])ccc2=O)c2cc(C#N)ccc2OC1(C)C. The van der Waals surface area contributed by atoms with Crippen LogP contribution >= 0.6 is 0 Å². The maximum Gasteiger partial charge on any atom is 0.303 e. The van der Waals surface area contributed by atoms with E-state index in [1.54, 1.807) is 32.0 Å². The van der Waals surface area contributed by atoms with Crippen LogP contribution in [0.3, 0.4) is 0 Å². The number of carbonyl (C=O) groups is 1. The summed E-state index contributed by atoms with van der Waals surface area (Å²) < 4.78 is 12.9. The maximum atomic E-state index is 12.8. The van der Waals surface area contributed by atoms with Crippen molar-refractivity contribution in [3.8, 4) is 11.8 Å². The second-order valence-electron chi connectivity index (χ2n) is 7.32.